The molecule has 0 aromatic heterocycles. The molecule has 0 aliphatic heterocycles. The minimum Gasteiger partial charge on any atom is -0.389 e. The summed E-state index contributed by atoms with van der Waals surface area (Å²) in [5.41, 5.74) is 0.869. The monoisotopic (exact) mass is 244 g/mol. The summed E-state index contributed by atoms with van der Waals surface area (Å²) < 4.78 is 0. The first-order valence-corrected chi connectivity index (χ1v) is 6.47. The van der Waals surface area contributed by atoms with Crippen LogP contribution in [-0.4, -0.2) is 10.9 Å². The molecule has 1 aromatic carbocycles. The average molecular weight is 245 g/mol. The number of halogens is 1. The van der Waals surface area contributed by atoms with Crippen LogP contribution in [0.5, 0.6) is 0 Å². The van der Waals surface area contributed by atoms with Crippen LogP contribution in [-0.2, 0) is 0 Å². The number of aliphatic hydroxyl groups is 1. The molecule has 1 rings (SSSR count). The van der Waals surface area contributed by atoms with Gasteiger partial charge in [0.2, 0.25) is 0 Å². The van der Waals surface area contributed by atoms with Gasteiger partial charge in [-0.3, -0.25) is 0 Å². The van der Waals surface area contributed by atoms with Gasteiger partial charge in [0, 0.05) is 10.6 Å². The first-order chi connectivity index (χ1) is 7.00. The first kappa shape index (κ1) is 12.9. The Labute approximate surface area is 101 Å². The zero-order valence-corrected chi connectivity index (χ0v) is 10.9. The van der Waals surface area contributed by atoms with Gasteiger partial charge in [-0.2, -0.15) is 0 Å². The van der Waals surface area contributed by atoms with Crippen molar-refractivity contribution in [2.24, 2.45) is 5.92 Å². The fraction of sp³-hybridized carbons (Fsp3) is 0.500. The molecule has 1 atom stereocenters. The predicted octanol–water partition coefficient (Wildman–Crippen LogP) is 4.14. The van der Waals surface area contributed by atoms with Crippen molar-refractivity contribution >= 4 is 23.4 Å². The predicted molar refractivity (Wildman–Crippen MR) is 67.6 cm³/mol. The molecule has 0 heterocycles. The number of benzene rings is 1. The lowest BCUT2D eigenvalue weighted by Gasteiger charge is -2.09. The summed E-state index contributed by atoms with van der Waals surface area (Å²) in [4.78, 5) is 1.09. The average Bonchev–Trinajstić information content (AvgIpc) is 2.15. The molecule has 1 N–H and O–H groups in total. The Morgan fingerprint density at radius 1 is 1.33 bits per heavy atom. The summed E-state index contributed by atoms with van der Waals surface area (Å²) in [6, 6.07) is 5.76. The summed E-state index contributed by atoms with van der Waals surface area (Å²) in [6.45, 7) is 6.11. The number of hydrogen-bond donors (Lipinski definition) is 1. The highest BCUT2D eigenvalue weighted by Gasteiger charge is 2.06. The molecule has 0 radical (unpaired) electrons. The molecule has 3 heteroatoms. The number of hydrogen-bond acceptors (Lipinski definition) is 2. The SMILES string of the molecule is CC(C)CSc1ccc([C@H](C)O)cc1Cl. The lowest BCUT2D eigenvalue weighted by Crippen LogP contribution is -1.93. The second-order valence-electron chi connectivity index (χ2n) is 4.07. The Kier molecular flexibility index (Phi) is 4.97. The molecule has 0 unspecified atom stereocenters. The van der Waals surface area contributed by atoms with E-state index in [0.29, 0.717) is 5.92 Å². The van der Waals surface area contributed by atoms with Gasteiger partial charge in [-0.05, 0) is 30.5 Å². The van der Waals surface area contributed by atoms with Gasteiger partial charge < -0.3 is 5.11 Å². The van der Waals surface area contributed by atoms with Gasteiger partial charge in [0.1, 0.15) is 0 Å². The topological polar surface area (TPSA) is 20.2 Å². The molecule has 0 bridgehead atoms. The van der Waals surface area contributed by atoms with Crippen molar-refractivity contribution in [2.45, 2.75) is 31.8 Å². The fourth-order valence-electron chi connectivity index (χ4n) is 1.15. The van der Waals surface area contributed by atoms with E-state index in [1.54, 1.807) is 18.7 Å². The maximum absolute atomic E-state index is 9.39. The van der Waals surface area contributed by atoms with Crippen LogP contribution < -0.4 is 0 Å². The van der Waals surface area contributed by atoms with Crippen LogP contribution in [0.2, 0.25) is 5.02 Å². The second-order valence-corrected chi connectivity index (χ2v) is 5.54. The summed E-state index contributed by atoms with van der Waals surface area (Å²) in [5, 5.41) is 10.1. The van der Waals surface area contributed by atoms with E-state index in [9.17, 15) is 5.11 Å². The Morgan fingerprint density at radius 3 is 2.47 bits per heavy atom. The molecule has 0 spiro atoms. The molecular weight excluding hydrogens is 228 g/mol. The van der Waals surface area contributed by atoms with Gasteiger partial charge in [-0.25, -0.2) is 0 Å². The summed E-state index contributed by atoms with van der Waals surface area (Å²) in [5.74, 6) is 1.72. The van der Waals surface area contributed by atoms with Gasteiger partial charge in [0.15, 0.2) is 0 Å². The van der Waals surface area contributed by atoms with E-state index in [-0.39, 0.29) is 0 Å². The van der Waals surface area contributed by atoms with E-state index in [2.05, 4.69) is 13.8 Å². The Morgan fingerprint density at radius 2 is 2.00 bits per heavy atom. The second kappa shape index (κ2) is 5.78. The van der Waals surface area contributed by atoms with Gasteiger partial charge in [0.05, 0.1) is 11.1 Å². The Bertz CT molecular complexity index is 323. The van der Waals surface area contributed by atoms with E-state index in [4.69, 9.17) is 11.6 Å². The van der Waals surface area contributed by atoms with Crippen molar-refractivity contribution in [3.63, 3.8) is 0 Å². The molecular formula is C12H17ClOS. The molecule has 0 amide bonds. The fourth-order valence-corrected chi connectivity index (χ4v) is 2.38. The minimum absolute atomic E-state index is 0.452. The van der Waals surface area contributed by atoms with Gasteiger partial charge in [-0.1, -0.05) is 31.5 Å². The summed E-state index contributed by atoms with van der Waals surface area (Å²) in [7, 11) is 0. The smallest absolute Gasteiger partial charge is 0.0762 e. The lowest BCUT2D eigenvalue weighted by molar-refractivity contribution is 0.199. The zero-order valence-electron chi connectivity index (χ0n) is 9.33. The van der Waals surface area contributed by atoms with Gasteiger partial charge >= 0.3 is 0 Å². The van der Waals surface area contributed by atoms with E-state index >= 15 is 0 Å². The molecule has 0 aliphatic rings. The highest BCUT2D eigenvalue weighted by atomic mass is 35.5. The standard InChI is InChI=1S/C12H17ClOS/c1-8(2)7-15-12-5-4-10(9(3)14)6-11(12)13/h4-6,8-9,14H,7H2,1-3H3/t9-/m0/s1. The van der Waals surface area contributed by atoms with E-state index in [1.165, 1.54) is 0 Å². The van der Waals surface area contributed by atoms with Crippen molar-refractivity contribution in [1.29, 1.82) is 0 Å². The lowest BCUT2D eigenvalue weighted by atomic mass is 10.1. The maximum Gasteiger partial charge on any atom is 0.0762 e. The summed E-state index contributed by atoms with van der Waals surface area (Å²) in [6.07, 6.45) is -0.452. The highest BCUT2D eigenvalue weighted by molar-refractivity contribution is 7.99. The van der Waals surface area contributed by atoms with Gasteiger partial charge in [-0.15, -0.1) is 11.8 Å². The van der Waals surface area contributed by atoms with E-state index < -0.39 is 6.10 Å². The van der Waals surface area contributed by atoms with Crippen molar-refractivity contribution in [3.8, 4) is 0 Å². The third-order valence-electron chi connectivity index (χ3n) is 2.01. The summed E-state index contributed by atoms with van der Waals surface area (Å²) >= 11 is 7.89. The van der Waals surface area contributed by atoms with Crippen molar-refractivity contribution in [3.05, 3.63) is 28.8 Å². The van der Waals surface area contributed by atoms with Crippen molar-refractivity contribution in [2.75, 3.05) is 5.75 Å². The van der Waals surface area contributed by atoms with Crippen LogP contribution in [0.15, 0.2) is 23.1 Å². The normalized spacial score (nSPS) is 13.2. The molecule has 1 aromatic rings. The zero-order chi connectivity index (χ0) is 11.4. The van der Waals surface area contributed by atoms with Crippen molar-refractivity contribution in [1.82, 2.24) is 0 Å². The van der Waals surface area contributed by atoms with Crippen LogP contribution in [0, 0.1) is 5.92 Å². The van der Waals surface area contributed by atoms with Gasteiger partial charge in [0.25, 0.3) is 0 Å². The van der Waals surface area contributed by atoms with Crippen LogP contribution in [0.25, 0.3) is 0 Å². The van der Waals surface area contributed by atoms with Crippen LogP contribution in [0.3, 0.4) is 0 Å². The Hall–Kier alpha value is -0.180. The maximum atomic E-state index is 9.39. The van der Waals surface area contributed by atoms with Crippen molar-refractivity contribution < 1.29 is 5.11 Å². The third kappa shape index (κ3) is 4.06. The molecule has 0 fully saturated rings. The molecule has 0 saturated carbocycles. The van der Waals surface area contributed by atoms with Crippen LogP contribution in [0.4, 0.5) is 0 Å². The molecule has 84 valence electrons. The molecule has 15 heavy (non-hydrogen) atoms. The third-order valence-corrected chi connectivity index (χ3v) is 3.94. The van der Waals surface area contributed by atoms with Crippen LogP contribution in [0.1, 0.15) is 32.4 Å². The number of rotatable bonds is 4. The van der Waals surface area contributed by atoms with Crippen LogP contribution >= 0.6 is 23.4 Å². The molecule has 0 aliphatic carbocycles. The Balaban J connectivity index is 2.75. The highest BCUT2D eigenvalue weighted by Crippen LogP contribution is 2.30. The van der Waals surface area contributed by atoms with E-state index in [0.717, 1.165) is 21.2 Å². The number of thioether (sulfide) groups is 1. The van der Waals surface area contributed by atoms with E-state index in [1.807, 2.05) is 18.2 Å². The quantitative estimate of drug-likeness (QED) is 0.804. The molecule has 1 nitrogen and oxygen atoms in total. The number of aliphatic hydroxyl groups excluding tert-OH is 1. The molecule has 0 saturated heterocycles. The largest absolute Gasteiger partial charge is 0.389 e. The minimum atomic E-state index is -0.452. The first-order valence-electron chi connectivity index (χ1n) is 5.11.